The first-order valence-electron chi connectivity index (χ1n) is 5.21. The molecule has 0 unspecified atom stereocenters. The molecule has 0 aliphatic rings. The molecule has 0 heterocycles. The Bertz CT molecular complexity index is 649. The van der Waals surface area contributed by atoms with Crippen LogP contribution in [0.2, 0.25) is 0 Å². The molecule has 5 heteroatoms. The van der Waals surface area contributed by atoms with Crippen LogP contribution in [0.25, 0.3) is 0 Å². The lowest BCUT2D eigenvalue weighted by molar-refractivity contribution is 0.586. The van der Waals surface area contributed by atoms with Gasteiger partial charge < -0.3 is 0 Å². The molecule has 2 aromatic rings. The van der Waals surface area contributed by atoms with Gasteiger partial charge in [-0.1, -0.05) is 18.2 Å². The van der Waals surface area contributed by atoms with Gasteiger partial charge in [-0.25, -0.2) is 17.2 Å². The van der Waals surface area contributed by atoms with Crippen molar-refractivity contribution in [3.05, 3.63) is 65.7 Å². The van der Waals surface area contributed by atoms with Crippen LogP contribution in [0.3, 0.4) is 0 Å². The van der Waals surface area contributed by atoms with Crippen LogP contribution < -0.4 is 0 Å². The van der Waals surface area contributed by atoms with Crippen LogP contribution in [-0.2, 0) is 15.6 Å². The van der Waals surface area contributed by atoms with E-state index in [1.54, 1.807) is 6.07 Å². The second-order valence-electron chi connectivity index (χ2n) is 3.80. The minimum atomic E-state index is -3.66. The maximum atomic E-state index is 13.4. The normalized spacial score (nSPS) is 11.4. The van der Waals surface area contributed by atoms with E-state index in [0.717, 1.165) is 12.1 Å². The van der Waals surface area contributed by atoms with E-state index in [0.29, 0.717) is 0 Å². The highest BCUT2D eigenvalue weighted by Crippen LogP contribution is 2.18. The van der Waals surface area contributed by atoms with Crippen LogP contribution in [0.4, 0.5) is 8.78 Å². The molecule has 2 nitrogen and oxygen atoms in total. The average molecular weight is 268 g/mol. The highest BCUT2D eigenvalue weighted by molar-refractivity contribution is 7.90. The quantitative estimate of drug-likeness (QED) is 0.802. The van der Waals surface area contributed by atoms with Gasteiger partial charge in [-0.15, -0.1) is 0 Å². The number of hydrogen-bond donors (Lipinski definition) is 0. The maximum absolute atomic E-state index is 13.4. The van der Waals surface area contributed by atoms with Crippen molar-refractivity contribution in [3.63, 3.8) is 0 Å². The Hall–Kier alpha value is -1.75. The summed E-state index contributed by atoms with van der Waals surface area (Å²) in [6, 6.07) is 10.1. The highest BCUT2D eigenvalue weighted by Gasteiger charge is 2.17. The predicted octanol–water partition coefficient (Wildman–Crippen LogP) is 2.94. The van der Waals surface area contributed by atoms with E-state index in [-0.39, 0.29) is 10.5 Å². The summed E-state index contributed by atoms with van der Waals surface area (Å²) in [6.45, 7) is 0. The predicted molar refractivity (Wildman–Crippen MR) is 63.7 cm³/mol. The number of rotatable bonds is 3. The molecule has 18 heavy (non-hydrogen) atoms. The van der Waals surface area contributed by atoms with Crippen LogP contribution >= 0.6 is 0 Å². The van der Waals surface area contributed by atoms with E-state index in [1.807, 2.05) is 0 Å². The summed E-state index contributed by atoms with van der Waals surface area (Å²) in [5.74, 6) is -1.52. The first-order chi connectivity index (χ1) is 8.49. The van der Waals surface area contributed by atoms with E-state index < -0.39 is 27.2 Å². The largest absolute Gasteiger partial charge is 0.223 e. The van der Waals surface area contributed by atoms with Crippen LogP contribution in [0.5, 0.6) is 0 Å². The molecule has 0 amide bonds. The first-order valence-corrected chi connectivity index (χ1v) is 6.86. The van der Waals surface area contributed by atoms with Crippen molar-refractivity contribution < 1.29 is 17.2 Å². The van der Waals surface area contributed by atoms with Gasteiger partial charge in [0.15, 0.2) is 9.84 Å². The van der Waals surface area contributed by atoms with Crippen LogP contribution in [0.15, 0.2) is 53.4 Å². The van der Waals surface area contributed by atoms with Gasteiger partial charge in [0.05, 0.1) is 10.6 Å². The van der Waals surface area contributed by atoms with Gasteiger partial charge in [-0.2, -0.15) is 0 Å². The average Bonchev–Trinajstić information content (AvgIpc) is 2.32. The topological polar surface area (TPSA) is 34.1 Å². The van der Waals surface area contributed by atoms with Crippen LogP contribution in [0, 0.1) is 11.6 Å². The van der Waals surface area contributed by atoms with Gasteiger partial charge in [-0.05, 0) is 30.3 Å². The lowest BCUT2D eigenvalue weighted by Gasteiger charge is -2.05. The summed E-state index contributed by atoms with van der Waals surface area (Å²) in [7, 11) is -3.66. The Balaban J connectivity index is 2.33. The Morgan fingerprint density at radius 3 is 2.11 bits per heavy atom. The van der Waals surface area contributed by atoms with Gasteiger partial charge in [-0.3, -0.25) is 0 Å². The zero-order chi connectivity index (χ0) is 13.2. The molecule has 0 saturated heterocycles. The molecular formula is C13H10F2O2S. The standard InChI is InChI=1S/C13H10F2O2S/c14-11-5-7-12(8-6-11)18(16,17)9-10-3-1-2-4-13(10)15/h1-8H,9H2. The van der Waals surface area contributed by atoms with Crippen molar-refractivity contribution in [1.82, 2.24) is 0 Å². The third-order valence-corrected chi connectivity index (χ3v) is 4.16. The molecule has 0 aromatic heterocycles. The summed E-state index contributed by atoms with van der Waals surface area (Å²) >= 11 is 0. The van der Waals surface area contributed by atoms with Crippen molar-refractivity contribution in [2.24, 2.45) is 0 Å². The molecule has 0 aliphatic heterocycles. The molecule has 0 aliphatic carbocycles. The Morgan fingerprint density at radius 1 is 0.889 bits per heavy atom. The summed E-state index contributed by atoms with van der Waals surface area (Å²) < 4.78 is 50.0. The van der Waals surface area contributed by atoms with E-state index in [9.17, 15) is 17.2 Å². The van der Waals surface area contributed by atoms with Crippen molar-refractivity contribution in [3.8, 4) is 0 Å². The SMILES string of the molecule is O=S(=O)(Cc1ccccc1F)c1ccc(F)cc1. The zero-order valence-electron chi connectivity index (χ0n) is 9.31. The highest BCUT2D eigenvalue weighted by atomic mass is 32.2. The molecule has 0 N–H and O–H groups in total. The molecule has 94 valence electrons. The fourth-order valence-electron chi connectivity index (χ4n) is 1.55. The van der Waals surface area contributed by atoms with E-state index >= 15 is 0 Å². The monoisotopic (exact) mass is 268 g/mol. The van der Waals surface area contributed by atoms with Crippen molar-refractivity contribution >= 4 is 9.84 Å². The summed E-state index contributed by atoms with van der Waals surface area (Å²) in [6.07, 6.45) is 0. The lowest BCUT2D eigenvalue weighted by Crippen LogP contribution is -2.06. The summed E-state index contributed by atoms with van der Waals surface area (Å²) in [5.41, 5.74) is 0.0989. The number of hydrogen-bond acceptors (Lipinski definition) is 2. The van der Waals surface area contributed by atoms with Gasteiger partial charge in [0, 0.05) is 5.56 Å². The fraction of sp³-hybridized carbons (Fsp3) is 0.0769. The molecule has 0 fully saturated rings. The molecule has 0 radical (unpaired) electrons. The van der Waals surface area contributed by atoms with Crippen molar-refractivity contribution in [1.29, 1.82) is 0 Å². The third-order valence-electron chi connectivity index (χ3n) is 2.48. The number of halogens is 2. The lowest BCUT2D eigenvalue weighted by atomic mass is 10.2. The first kappa shape index (κ1) is 12.7. The molecule has 0 bridgehead atoms. The zero-order valence-corrected chi connectivity index (χ0v) is 10.1. The molecule has 2 rings (SSSR count). The molecule has 0 atom stereocenters. The number of benzene rings is 2. The fourth-order valence-corrected chi connectivity index (χ4v) is 2.91. The summed E-state index contributed by atoms with van der Waals surface area (Å²) in [4.78, 5) is -0.0212. The number of sulfone groups is 1. The Labute approximate surface area is 104 Å². The van der Waals surface area contributed by atoms with Gasteiger partial charge in [0.1, 0.15) is 11.6 Å². The van der Waals surface area contributed by atoms with Crippen molar-refractivity contribution in [2.45, 2.75) is 10.6 Å². The van der Waals surface area contributed by atoms with E-state index in [1.165, 1.54) is 30.3 Å². The molecule has 0 spiro atoms. The maximum Gasteiger partial charge on any atom is 0.182 e. The van der Waals surface area contributed by atoms with Crippen LogP contribution in [0.1, 0.15) is 5.56 Å². The van der Waals surface area contributed by atoms with E-state index in [2.05, 4.69) is 0 Å². The Morgan fingerprint density at radius 2 is 1.50 bits per heavy atom. The summed E-state index contributed by atoms with van der Waals surface area (Å²) in [5, 5.41) is 0. The molecular weight excluding hydrogens is 258 g/mol. The van der Waals surface area contributed by atoms with Crippen molar-refractivity contribution in [2.75, 3.05) is 0 Å². The van der Waals surface area contributed by atoms with Gasteiger partial charge in [0.2, 0.25) is 0 Å². The molecule has 2 aromatic carbocycles. The molecule has 0 saturated carbocycles. The van der Waals surface area contributed by atoms with Gasteiger partial charge >= 0.3 is 0 Å². The van der Waals surface area contributed by atoms with Crippen LogP contribution in [-0.4, -0.2) is 8.42 Å². The van der Waals surface area contributed by atoms with Gasteiger partial charge in [0.25, 0.3) is 0 Å². The van der Waals surface area contributed by atoms with E-state index in [4.69, 9.17) is 0 Å². The minimum absolute atomic E-state index is 0.0212. The second kappa shape index (κ2) is 4.86. The smallest absolute Gasteiger partial charge is 0.182 e. The minimum Gasteiger partial charge on any atom is -0.223 e. The third kappa shape index (κ3) is 2.73. The second-order valence-corrected chi connectivity index (χ2v) is 5.79. The Kier molecular flexibility index (Phi) is 3.43.